The minimum Gasteiger partial charge on any atom is -0.328 e. The van der Waals surface area contributed by atoms with E-state index in [0.29, 0.717) is 0 Å². The Morgan fingerprint density at radius 2 is 1.77 bits per heavy atom. The standard InChI is InChI=1S/C10H20N2O/c1-10(2,9-13)8-12-6-4-11(3)5-7-12/h9H,4-8H2,1-3H3/p+2. The molecule has 0 saturated carbocycles. The van der Waals surface area contributed by atoms with Crippen LogP contribution in [0.3, 0.4) is 0 Å². The summed E-state index contributed by atoms with van der Waals surface area (Å²) in [6, 6.07) is 0. The molecule has 1 rings (SSSR count). The highest BCUT2D eigenvalue weighted by Crippen LogP contribution is 2.05. The first-order valence-electron chi connectivity index (χ1n) is 5.15. The summed E-state index contributed by atoms with van der Waals surface area (Å²) in [6.07, 6.45) is 1.09. The quantitative estimate of drug-likeness (QED) is 0.473. The molecule has 13 heavy (non-hydrogen) atoms. The molecule has 0 bridgehead atoms. The summed E-state index contributed by atoms with van der Waals surface area (Å²) in [7, 11) is 2.24. The first-order chi connectivity index (χ1) is 6.03. The smallest absolute Gasteiger partial charge is 0.131 e. The predicted octanol–water partition coefficient (Wildman–Crippen LogP) is -2.38. The summed E-state index contributed by atoms with van der Waals surface area (Å²) >= 11 is 0. The van der Waals surface area contributed by atoms with Gasteiger partial charge in [0.25, 0.3) is 0 Å². The number of aldehydes is 1. The van der Waals surface area contributed by atoms with E-state index in [1.54, 1.807) is 9.80 Å². The summed E-state index contributed by atoms with van der Waals surface area (Å²) in [5, 5.41) is 0. The number of piperazine rings is 1. The Hall–Kier alpha value is -0.410. The van der Waals surface area contributed by atoms with Gasteiger partial charge in [-0.2, -0.15) is 0 Å². The fraction of sp³-hybridized carbons (Fsp3) is 0.900. The van der Waals surface area contributed by atoms with Crippen LogP contribution in [0.4, 0.5) is 0 Å². The summed E-state index contributed by atoms with van der Waals surface area (Å²) in [6.45, 7) is 9.95. The molecule has 3 heteroatoms. The normalized spacial score (nSPS) is 30.1. The molecule has 0 aromatic carbocycles. The summed E-state index contributed by atoms with van der Waals surface area (Å²) in [4.78, 5) is 14.0. The second-order valence-electron chi connectivity index (χ2n) is 4.99. The van der Waals surface area contributed by atoms with Gasteiger partial charge in [-0.15, -0.1) is 0 Å². The van der Waals surface area contributed by atoms with Gasteiger partial charge in [0.2, 0.25) is 0 Å². The van der Waals surface area contributed by atoms with Crippen molar-refractivity contribution in [1.82, 2.24) is 0 Å². The first-order valence-corrected chi connectivity index (χ1v) is 5.15. The lowest BCUT2D eigenvalue weighted by atomic mass is 9.95. The Morgan fingerprint density at radius 1 is 1.23 bits per heavy atom. The average molecular weight is 186 g/mol. The van der Waals surface area contributed by atoms with Crippen molar-refractivity contribution in [2.24, 2.45) is 5.41 Å². The topological polar surface area (TPSA) is 26.0 Å². The van der Waals surface area contributed by atoms with E-state index in [9.17, 15) is 4.79 Å². The van der Waals surface area contributed by atoms with Crippen molar-refractivity contribution in [1.29, 1.82) is 0 Å². The van der Waals surface area contributed by atoms with Crippen molar-refractivity contribution in [3.63, 3.8) is 0 Å². The van der Waals surface area contributed by atoms with Crippen molar-refractivity contribution in [2.75, 3.05) is 39.8 Å². The zero-order valence-electron chi connectivity index (χ0n) is 9.02. The van der Waals surface area contributed by atoms with Gasteiger partial charge in [-0.25, -0.2) is 0 Å². The highest BCUT2D eigenvalue weighted by molar-refractivity contribution is 5.57. The molecule has 1 heterocycles. The van der Waals surface area contributed by atoms with E-state index < -0.39 is 0 Å². The van der Waals surface area contributed by atoms with Crippen molar-refractivity contribution >= 4 is 6.29 Å². The third-order valence-electron chi connectivity index (χ3n) is 2.84. The lowest BCUT2D eigenvalue weighted by Crippen LogP contribution is -3.27. The zero-order valence-corrected chi connectivity index (χ0v) is 9.02. The van der Waals surface area contributed by atoms with Gasteiger partial charge in [-0.1, -0.05) is 0 Å². The van der Waals surface area contributed by atoms with Crippen LogP contribution in [-0.2, 0) is 4.79 Å². The Labute approximate surface area is 80.7 Å². The maximum absolute atomic E-state index is 10.7. The molecule has 1 aliphatic heterocycles. The molecule has 0 aromatic rings. The Balaban J connectivity index is 2.34. The van der Waals surface area contributed by atoms with E-state index in [2.05, 4.69) is 7.05 Å². The van der Waals surface area contributed by atoms with Gasteiger partial charge in [0.05, 0.1) is 19.0 Å². The molecule has 0 spiro atoms. The third kappa shape index (κ3) is 3.44. The van der Waals surface area contributed by atoms with Crippen molar-refractivity contribution in [3.05, 3.63) is 0 Å². The van der Waals surface area contributed by atoms with Crippen LogP contribution in [0, 0.1) is 5.41 Å². The molecule has 2 N–H and O–H groups in total. The molecular weight excluding hydrogens is 164 g/mol. The van der Waals surface area contributed by atoms with E-state index >= 15 is 0 Å². The van der Waals surface area contributed by atoms with Crippen molar-refractivity contribution < 1.29 is 14.6 Å². The second kappa shape index (κ2) is 4.20. The highest BCUT2D eigenvalue weighted by Gasteiger charge is 2.27. The van der Waals surface area contributed by atoms with E-state index in [1.165, 1.54) is 26.2 Å². The van der Waals surface area contributed by atoms with Crippen LogP contribution in [0.2, 0.25) is 0 Å². The Kier molecular flexibility index (Phi) is 3.45. The molecule has 1 fully saturated rings. The van der Waals surface area contributed by atoms with Gasteiger partial charge in [0.15, 0.2) is 0 Å². The molecule has 76 valence electrons. The molecule has 1 saturated heterocycles. The fourth-order valence-corrected chi connectivity index (χ4v) is 1.89. The van der Waals surface area contributed by atoms with E-state index in [1.807, 2.05) is 13.8 Å². The number of nitrogens with one attached hydrogen (secondary N) is 2. The van der Waals surface area contributed by atoms with Gasteiger partial charge in [-0.05, 0) is 13.8 Å². The molecule has 0 aliphatic carbocycles. The van der Waals surface area contributed by atoms with Gasteiger partial charge >= 0.3 is 0 Å². The highest BCUT2D eigenvalue weighted by atomic mass is 16.1. The van der Waals surface area contributed by atoms with E-state index in [4.69, 9.17) is 0 Å². The fourth-order valence-electron chi connectivity index (χ4n) is 1.89. The Bertz CT molecular complexity index is 172. The van der Waals surface area contributed by atoms with Gasteiger partial charge in [0, 0.05) is 0 Å². The molecule has 0 aromatic heterocycles. The molecule has 0 radical (unpaired) electrons. The third-order valence-corrected chi connectivity index (χ3v) is 2.84. The van der Waals surface area contributed by atoms with Crippen molar-refractivity contribution in [2.45, 2.75) is 13.8 Å². The summed E-state index contributed by atoms with van der Waals surface area (Å²) in [5.41, 5.74) is -0.138. The van der Waals surface area contributed by atoms with Crippen LogP contribution in [0.1, 0.15) is 13.8 Å². The molecule has 0 amide bonds. The molecular formula is C10H22N2O+2. The van der Waals surface area contributed by atoms with Crippen LogP contribution in [-0.4, -0.2) is 46.1 Å². The molecule has 0 unspecified atom stereocenters. The minimum absolute atomic E-state index is 0.138. The van der Waals surface area contributed by atoms with Crippen LogP contribution >= 0.6 is 0 Å². The van der Waals surface area contributed by atoms with E-state index in [0.717, 1.165) is 12.8 Å². The Morgan fingerprint density at radius 3 is 2.23 bits per heavy atom. The monoisotopic (exact) mass is 186 g/mol. The van der Waals surface area contributed by atoms with Crippen LogP contribution in [0.15, 0.2) is 0 Å². The zero-order chi connectivity index (χ0) is 9.90. The number of quaternary nitrogens is 2. The van der Waals surface area contributed by atoms with Crippen LogP contribution in [0.5, 0.6) is 0 Å². The maximum Gasteiger partial charge on any atom is 0.131 e. The average Bonchev–Trinajstić information content (AvgIpc) is 2.09. The molecule has 0 atom stereocenters. The molecule has 3 nitrogen and oxygen atoms in total. The second-order valence-corrected chi connectivity index (χ2v) is 4.99. The summed E-state index contributed by atoms with van der Waals surface area (Å²) in [5.74, 6) is 0. The summed E-state index contributed by atoms with van der Waals surface area (Å²) < 4.78 is 0. The van der Waals surface area contributed by atoms with Crippen LogP contribution in [0.25, 0.3) is 0 Å². The number of carbonyl (C=O) groups is 1. The van der Waals surface area contributed by atoms with Gasteiger partial charge in [-0.3, -0.25) is 0 Å². The predicted molar refractivity (Wildman–Crippen MR) is 52.0 cm³/mol. The number of hydrogen-bond acceptors (Lipinski definition) is 1. The van der Waals surface area contributed by atoms with Gasteiger partial charge < -0.3 is 14.6 Å². The number of rotatable bonds is 3. The van der Waals surface area contributed by atoms with Crippen LogP contribution < -0.4 is 9.80 Å². The largest absolute Gasteiger partial charge is 0.328 e. The number of carbonyl (C=O) groups excluding carboxylic acids is 1. The number of likely N-dealkylation sites (N-methyl/N-ethyl adjacent to an activating group) is 1. The first kappa shape index (κ1) is 10.7. The minimum atomic E-state index is -0.138. The molecule has 1 aliphatic rings. The number of hydrogen-bond donors (Lipinski definition) is 2. The van der Waals surface area contributed by atoms with Gasteiger partial charge in [0.1, 0.15) is 32.5 Å². The SMILES string of the molecule is C[NH+]1CC[NH+](CC(C)(C)C=O)CC1. The maximum atomic E-state index is 10.7. The lowest BCUT2D eigenvalue weighted by molar-refractivity contribution is -1.01. The lowest BCUT2D eigenvalue weighted by Gasteiger charge is -2.30. The van der Waals surface area contributed by atoms with Crippen molar-refractivity contribution in [3.8, 4) is 0 Å². The van der Waals surface area contributed by atoms with E-state index in [-0.39, 0.29) is 5.41 Å².